The van der Waals surface area contributed by atoms with Gasteiger partial charge >= 0.3 is 5.97 Å². The maximum atomic E-state index is 11.6. The molecule has 104 valence electrons. The number of hydrogen-bond acceptors (Lipinski definition) is 3. The summed E-state index contributed by atoms with van der Waals surface area (Å²) in [6, 6.07) is 4.80. The molecule has 7 heteroatoms. The van der Waals surface area contributed by atoms with E-state index in [1.54, 1.807) is 25.1 Å². The number of carbonyl (C=O) groups is 2. The van der Waals surface area contributed by atoms with E-state index in [1.165, 1.54) is 0 Å². The van der Waals surface area contributed by atoms with Gasteiger partial charge in [-0.15, -0.1) is 11.8 Å². The van der Waals surface area contributed by atoms with E-state index >= 15 is 0 Å². The van der Waals surface area contributed by atoms with Crippen molar-refractivity contribution in [3.8, 4) is 0 Å². The molecule has 0 aliphatic heterocycles. The second kappa shape index (κ2) is 7.62. The second-order valence-corrected chi connectivity index (χ2v) is 5.67. The summed E-state index contributed by atoms with van der Waals surface area (Å²) in [6.45, 7) is 1.80. The molecule has 0 heterocycles. The normalized spacial score (nSPS) is 11.9. The number of thioether (sulfide) groups is 1. The van der Waals surface area contributed by atoms with Crippen molar-refractivity contribution in [1.29, 1.82) is 0 Å². The Morgan fingerprint density at radius 1 is 1.37 bits per heavy atom. The monoisotopic (exact) mass is 321 g/mol. The summed E-state index contributed by atoms with van der Waals surface area (Å²) in [5.41, 5.74) is 0.766. The van der Waals surface area contributed by atoms with Crippen LogP contribution >= 0.6 is 35.0 Å². The van der Waals surface area contributed by atoms with Crippen LogP contribution in [0.4, 0.5) is 0 Å². The molecule has 1 atom stereocenters. The van der Waals surface area contributed by atoms with Gasteiger partial charge in [-0.05, 0) is 24.6 Å². The third-order valence-corrected chi connectivity index (χ3v) is 3.75. The highest BCUT2D eigenvalue weighted by atomic mass is 35.5. The summed E-state index contributed by atoms with van der Waals surface area (Å²) in [4.78, 5) is 21.9. The topological polar surface area (TPSA) is 66.4 Å². The van der Waals surface area contributed by atoms with Crippen molar-refractivity contribution in [2.45, 2.75) is 13.0 Å². The third-order valence-electron chi connectivity index (χ3n) is 2.27. The van der Waals surface area contributed by atoms with Crippen LogP contribution in [0, 0.1) is 0 Å². The van der Waals surface area contributed by atoms with Gasteiger partial charge in [-0.1, -0.05) is 29.3 Å². The van der Waals surface area contributed by atoms with Gasteiger partial charge in [-0.25, -0.2) is 0 Å². The van der Waals surface area contributed by atoms with E-state index in [4.69, 9.17) is 28.3 Å². The largest absolute Gasteiger partial charge is 0.481 e. The van der Waals surface area contributed by atoms with E-state index in [-0.39, 0.29) is 23.5 Å². The number of aliphatic carboxylic acids is 1. The zero-order valence-corrected chi connectivity index (χ0v) is 12.5. The lowest BCUT2D eigenvalue weighted by atomic mass is 10.1. The van der Waals surface area contributed by atoms with Crippen molar-refractivity contribution in [1.82, 2.24) is 5.32 Å². The molecule has 0 aliphatic rings. The third kappa shape index (κ3) is 5.72. The van der Waals surface area contributed by atoms with Crippen LogP contribution < -0.4 is 5.32 Å². The van der Waals surface area contributed by atoms with Crippen LogP contribution in [0.1, 0.15) is 18.5 Å². The number of amides is 1. The van der Waals surface area contributed by atoms with Gasteiger partial charge in [-0.2, -0.15) is 0 Å². The average molecular weight is 322 g/mol. The van der Waals surface area contributed by atoms with Crippen LogP contribution in [0.3, 0.4) is 0 Å². The summed E-state index contributed by atoms with van der Waals surface area (Å²) >= 11 is 12.9. The molecule has 0 fully saturated rings. The summed E-state index contributed by atoms with van der Waals surface area (Å²) in [7, 11) is 0. The molecule has 0 bridgehead atoms. The van der Waals surface area contributed by atoms with Gasteiger partial charge in [0.2, 0.25) is 5.91 Å². The van der Waals surface area contributed by atoms with Gasteiger partial charge in [-0.3, -0.25) is 9.59 Å². The Balaban J connectivity index is 2.52. The number of carboxylic acids is 1. The summed E-state index contributed by atoms with van der Waals surface area (Å²) in [5, 5.41) is 12.2. The lowest BCUT2D eigenvalue weighted by molar-refractivity contribution is -0.133. The minimum absolute atomic E-state index is 0.0937. The lowest BCUT2D eigenvalue weighted by Crippen LogP contribution is -2.28. The van der Waals surface area contributed by atoms with Crippen molar-refractivity contribution < 1.29 is 14.7 Å². The Labute approximate surface area is 125 Å². The summed E-state index contributed by atoms with van der Waals surface area (Å²) < 4.78 is 0. The van der Waals surface area contributed by atoms with Gasteiger partial charge in [0.15, 0.2) is 0 Å². The second-order valence-electron chi connectivity index (χ2n) is 3.84. The molecule has 19 heavy (non-hydrogen) atoms. The van der Waals surface area contributed by atoms with Crippen molar-refractivity contribution in [2.75, 3.05) is 11.5 Å². The fourth-order valence-electron chi connectivity index (χ4n) is 1.44. The number of carbonyl (C=O) groups excluding carboxylic acids is 1. The van der Waals surface area contributed by atoms with E-state index < -0.39 is 5.97 Å². The molecule has 1 aromatic carbocycles. The first-order chi connectivity index (χ1) is 8.90. The zero-order valence-electron chi connectivity index (χ0n) is 10.2. The first kappa shape index (κ1) is 16.1. The number of benzene rings is 1. The maximum Gasteiger partial charge on any atom is 0.313 e. The van der Waals surface area contributed by atoms with Gasteiger partial charge in [0.1, 0.15) is 0 Å². The molecule has 0 unspecified atom stereocenters. The molecular weight excluding hydrogens is 309 g/mol. The van der Waals surface area contributed by atoms with Gasteiger partial charge in [0.25, 0.3) is 0 Å². The van der Waals surface area contributed by atoms with E-state index in [1.807, 2.05) is 0 Å². The first-order valence-corrected chi connectivity index (χ1v) is 7.35. The molecule has 4 nitrogen and oxygen atoms in total. The van der Waals surface area contributed by atoms with Crippen molar-refractivity contribution >= 4 is 46.8 Å². The Bertz CT molecular complexity index is 482. The van der Waals surface area contributed by atoms with Gasteiger partial charge in [0.05, 0.1) is 17.5 Å². The minimum atomic E-state index is -0.938. The Kier molecular flexibility index (Phi) is 6.48. The predicted molar refractivity (Wildman–Crippen MR) is 78.0 cm³/mol. The van der Waals surface area contributed by atoms with Crippen molar-refractivity contribution in [3.63, 3.8) is 0 Å². The van der Waals surface area contributed by atoms with Crippen LogP contribution in [0.5, 0.6) is 0 Å². The highest BCUT2D eigenvalue weighted by molar-refractivity contribution is 8.00. The Morgan fingerprint density at radius 2 is 2.05 bits per heavy atom. The summed E-state index contributed by atoms with van der Waals surface area (Å²) in [5.74, 6) is -1.16. The number of rotatable bonds is 6. The standard InChI is InChI=1S/C12H13Cl2NO3S/c1-7(9-3-2-8(13)4-10(9)14)15-11(16)5-19-6-12(17)18/h2-4,7H,5-6H2,1H3,(H,15,16)(H,17,18)/t7-/m0/s1. The predicted octanol–water partition coefficient (Wildman–Crippen LogP) is 2.99. The van der Waals surface area contributed by atoms with Gasteiger partial charge < -0.3 is 10.4 Å². The molecule has 0 radical (unpaired) electrons. The molecular formula is C12H13Cl2NO3S. The van der Waals surface area contributed by atoms with Crippen LogP contribution in [-0.2, 0) is 9.59 Å². The summed E-state index contributed by atoms with van der Waals surface area (Å²) in [6.07, 6.45) is 0. The fraction of sp³-hybridized carbons (Fsp3) is 0.333. The minimum Gasteiger partial charge on any atom is -0.481 e. The number of hydrogen-bond donors (Lipinski definition) is 2. The maximum absolute atomic E-state index is 11.6. The molecule has 1 rings (SSSR count). The Morgan fingerprint density at radius 3 is 2.63 bits per heavy atom. The molecule has 0 spiro atoms. The highest BCUT2D eigenvalue weighted by Crippen LogP contribution is 2.26. The van der Waals surface area contributed by atoms with E-state index in [0.717, 1.165) is 17.3 Å². The lowest BCUT2D eigenvalue weighted by Gasteiger charge is -2.15. The quantitative estimate of drug-likeness (QED) is 0.845. The van der Waals surface area contributed by atoms with Gasteiger partial charge in [0, 0.05) is 10.0 Å². The highest BCUT2D eigenvalue weighted by Gasteiger charge is 2.13. The fourth-order valence-corrected chi connectivity index (χ4v) is 2.56. The van der Waals surface area contributed by atoms with E-state index in [2.05, 4.69) is 5.32 Å². The van der Waals surface area contributed by atoms with E-state index in [0.29, 0.717) is 10.0 Å². The number of halogens is 2. The van der Waals surface area contributed by atoms with Crippen LogP contribution in [0.25, 0.3) is 0 Å². The van der Waals surface area contributed by atoms with Crippen LogP contribution in [-0.4, -0.2) is 28.5 Å². The average Bonchev–Trinajstić information content (AvgIpc) is 2.27. The number of carboxylic acid groups (broad SMARTS) is 1. The molecule has 1 amide bonds. The van der Waals surface area contributed by atoms with Crippen molar-refractivity contribution in [2.24, 2.45) is 0 Å². The zero-order chi connectivity index (χ0) is 14.4. The molecule has 2 N–H and O–H groups in total. The Hall–Kier alpha value is -0.910. The van der Waals surface area contributed by atoms with Crippen LogP contribution in [0.15, 0.2) is 18.2 Å². The van der Waals surface area contributed by atoms with Crippen molar-refractivity contribution in [3.05, 3.63) is 33.8 Å². The molecule has 0 saturated heterocycles. The SMILES string of the molecule is C[C@H](NC(=O)CSCC(=O)O)c1ccc(Cl)cc1Cl. The number of nitrogens with one attached hydrogen (secondary N) is 1. The molecule has 0 aliphatic carbocycles. The smallest absolute Gasteiger partial charge is 0.313 e. The van der Waals surface area contributed by atoms with E-state index in [9.17, 15) is 9.59 Å². The molecule has 0 saturated carbocycles. The van der Waals surface area contributed by atoms with Crippen LogP contribution in [0.2, 0.25) is 10.0 Å². The molecule has 1 aromatic rings. The first-order valence-electron chi connectivity index (χ1n) is 5.44. The molecule has 0 aromatic heterocycles.